The molecule has 22 heavy (non-hydrogen) atoms. The Morgan fingerprint density at radius 2 is 2.09 bits per heavy atom. The maximum atomic E-state index is 12.3. The van der Waals surface area contributed by atoms with E-state index >= 15 is 0 Å². The third-order valence-corrected chi connectivity index (χ3v) is 4.07. The van der Waals surface area contributed by atoms with E-state index in [1.165, 1.54) is 0 Å². The molecule has 5 nitrogen and oxygen atoms in total. The van der Waals surface area contributed by atoms with Gasteiger partial charge in [0, 0.05) is 18.5 Å². The van der Waals surface area contributed by atoms with Crippen LogP contribution in [0.4, 0.5) is 0 Å². The molecule has 1 aromatic carbocycles. The molecule has 3 rings (SSSR count). The Labute approximate surface area is 129 Å². The Balaban J connectivity index is 1.90. The standard InChI is InChI=1S/C17H21NO4/c1-2-21-17(20)16-13-5-3-4-6-14(13)22-15(16)11-18-9-7-12(19)8-10-18/h3-6,12,19H,2,7-11H2,1H3. The molecule has 0 aliphatic carbocycles. The first-order valence-corrected chi connectivity index (χ1v) is 7.77. The van der Waals surface area contributed by atoms with E-state index in [0.717, 1.165) is 31.3 Å². The first kappa shape index (κ1) is 15.1. The van der Waals surface area contributed by atoms with Gasteiger partial charge in [-0.05, 0) is 25.8 Å². The first-order valence-electron chi connectivity index (χ1n) is 7.77. The van der Waals surface area contributed by atoms with Crippen molar-refractivity contribution in [2.24, 2.45) is 0 Å². The smallest absolute Gasteiger partial charge is 0.342 e. The number of furan rings is 1. The Bertz CT molecular complexity index is 656. The third kappa shape index (κ3) is 3.00. The fourth-order valence-electron chi connectivity index (χ4n) is 2.92. The molecule has 1 aliphatic rings. The lowest BCUT2D eigenvalue weighted by atomic mass is 10.1. The van der Waals surface area contributed by atoms with Crippen LogP contribution in [0, 0.1) is 0 Å². The molecule has 0 atom stereocenters. The van der Waals surface area contributed by atoms with Gasteiger partial charge in [-0.2, -0.15) is 0 Å². The number of ether oxygens (including phenoxy) is 1. The third-order valence-electron chi connectivity index (χ3n) is 4.07. The average Bonchev–Trinajstić information content (AvgIpc) is 2.87. The lowest BCUT2D eigenvalue weighted by Gasteiger charge is -2.28. The van der Waals surface area contributed by atoms with Crippen molar-refractivity contribution < 1.29 is 19.1 Å². The number of likely N-dealkylation sites (tertiary alicyclic amines) is 1. The summed E-state index contributed by atoms with van der Waals surface area (Å²) in [5.41, 5.74) is 1.24. The minimum absolute atomic E-state index is 0.212. The molecule has 2 aromatic rings. The normalized spacial score (nSPS) is 17.0. The van der Waals surface area contributed by atoms with Gasteiger partial charge in [-0.25, -0.2) is 4.79 Å². The Morgan fingerprint density at radius 3 is 2.82 bits per heavy atom. The van der Waals surface area contributed by atoms with Crippen LogP contribution >= 0.6 is 0 Å². The summed E-state index contributed by atoms with van der Waals surface area (Å²) in [7, 11) is 0. The van der Waals surface area contributed by atoms with Crippen molar-refractivity contribution in [3.05, 3.63) is 35.6 Å². The van der Waals surface area contributed by atoms with E-state index in [-0.39, 0.29) is 12.1 Å². The number of benzene rings is 1. The summed E-state index contributed by atoms with van der Waals surface area (Å²) in [4.78, 5) is 14.5. The van der Waals surface area contributed by atoms with E-state index in [0.29, 0.717) is 30.1 Å². The maximum Gasteiger partial charge on any atom is 0.342 e. The second kappa shape index (κ2) is 6.50. The van der Waals surface area contributed by atoms with Crippen LogP contribution in [0.3, 0.4) is 0 Å². The summed E-state index contributed by atoms with van der Waals surface area (Å²) in [6.07, 6.45) is 1.31. The molecule has 2 heterocycles. The number of hydrogen-bond acceptors (Lipinski definition) is 5. The fraction of sp³-hybridized carbons (Fsp3) is 0.471. The largest absolute Gasteiger partial charge is 0.462 e. The minimum Gasteiger partial charge on any atom is -0.462 e. The van der Waals surface area contributed by atoms with Crippen molar-refractivity contribution >= 4 is 16.9 Å². The number of fused-ring (bicyclic) bond motifs is 1. The van der Waals surface area contributed by atoms with Gasteiger partial charge in [-0.3, -0.25) is 4.90 Å². The molecule has 0 unspecified atom stereocenters. The van der Waals surface area contributed by atoms with Gasteiger partial charge in [0.2, 0.25) is 0 Å². The Hall–Kier alpha value is -1.85. The van der Waals surface area contributed by atoms with Crippen molar-refractivity contribution in [1.29, 1.82) is 0 Å². The molecule has 0 amide bonds. The summed E-state index contributed by atoms with van der Waals surface area (Å²) in [6.45, 7) is 4.32. The van der Waals surface area contributed by atoms with Crippen molar-refractivity contribution in [1.82, 2.24) is 4.90 Å². The van der Waals surface area contributed by atoms with E-state index in [2.05, 4.69) is 4.90 Å². The summed E-state index contributed by atoms with van der Waals surface area (Å²) in [6, 6.07) is 7.53. The number of para-hydroxylation sites is 1. The second-order valence-corrected chi connectivity index (χ2v) is 5.62. The molecule has 0 radical (unpaired) electrons. The van der Waals surface area contributed by atoms with Gasteiger partial charge in [0.1, 0.15) is 16.9 Å². The molecular formula is C17H21NO4. The van der Waals surface area contributed by atoms with E-state index in [1.54, 1.807) is 6.92 Å². The number of carbonyl (C=O) groups is 1. The molecule has 118 valence electrons. The van der Waals surface area contributed by atoms with Crippen LogP contribution in [-0.2, 0) is 11.3 Å². The molecule has 1 fully saturated rings. The molecule has 1 N–H and O–H groups in total. The lowest BCUT2D eigenvalue weighted by Crippen LogP contribution is -2.35. The number of esters is 1. The van der Waals surface area contributed by atoms with Gasteiger partial charge in [-0.15, -0.1) is 0 Å². The summed E-state index contributed by atoms with van der Waals surface area (Å²) in [5, 5.41) is 10.4. The minimum atomic E-state index is -0.334. The molecule has 1 aromatic heterocycles. The van der Waals surface area contributed by atoms with Crippen LogP contribution in [0.2, 0.25) is 0 Å². The number of carbonyl (C=O) groups excluding carboxylic acids is 1. The zero-order valence-electron chi connectivity index (χ0n) is 12.7. The van der Waals surface area contributed by atoms with E-state index in [1.807, 2.05) is 24.3 Å². The zero-order valence-corrected chi connectivity index (χ0v) is 12.7. The average molecular weight is 303 g/mol. The van der Waals surface area contributed by atoms with Crippen LogP contribution in [0.25, 0.3) is 11.0 Å². The first-order chi connectivity index (χ1) is 10.7. The predicted molar refractivity (Wildman–Crippen MR) is 82.7 cm³/mol. The molecule has 0 saturated carbocycles. The van der Waals surface area contributed by atoms with Crippen LogP contribution < -0.4 is 0 Å². The molecule has 0 spiro atoms. The van der Waals surface area contributed by atoms with Gasteiger partial charge in [0.25, 0.3) is 0 Å². The molecular weight excluding hydrogens is 282 g/mol. The van der Waals surface area contributed by atoms with Gasteiger partial charge in [-0.1, -0.05) is 18.2 Å². The van der Waals surface area contributed by atoms with Gasteiger partial charge >= 0.3 is 5.97 Å². The predicted octanol–water partition coefficient (Wildman–Crippen LogP) is 2.57. The van der Waals surface area contributed by atoms with Crippen LogP contribution in [0.1, 0.15) is 35.9 Å². The zero-order chi connectivity index (χ0) is 15.5. The fourth-order valence-corrected chi connectivity index (χ4v) is 2.92. The summed E-state index contributed by atoms with van der Waals surface area (Å²) in [5.74, 6) is 0.315. The highest BCUT2D eigenvalue weighted by molar-refractivity contribution is 6.04. The van der Waals surface area contributed by atoms with Crippen molar-refractivity contribution in [3.63, 3.8) is 0 Å². The molecule has 5 heteroatoms. The molecule has 1 saturated heterocycles. The van der Waals surface area contributed by atoms with E-state index in [4.69, 9.17) is 9.15 Å². The molecule has 1 aliphatic heterocycles. The number of nitrogens with zero attached hydrogens (tertiary/aromatic N) is 1. The van der Waals surface area contributed by atoms with Gasteiger partial charge in [0.05, 0.1) is 19.3 Å². The topological polar surface area (TPSA) is 62.9 Å². The maximum absolute atomic E-state index is 12.3. The van der Waals surface area contributed by atoms with Crippen LogP contribution in [0.15, 0.2) is 28.7 Å². The SMILES string of the molecule is CCOC(=O)c1c(CN2CCC(O)CC2)oc2ccccc12. The summed E-state index contributed by atoms with van der Waals surface area (Å²) < 4.78 is 11.1. The monoisotopic (exact) mass is 303 g/mol. The Morgan fingerprint density at radius 1 is 1.36 bits per heavy atom. The summed E-state index contributed by atoms with van der Waals surface area (Å²) >= 11 is 0. The molecule has 0 bridgehead atoms. The van der Waals surface area contributed by atoms with Crippen LogP contribution in [0.5, 0.6) is 0 Å². The number of aliphatic hydroxyl groups excluding tert-OH is 1. The van der Waals surface area contributed by atoms with Crippen molar-refractivity contribution in [2.45, 2.75) is 32.4 Å². The van der Waals surface area contributed by atoms with Gasteiger partial charge in [0.15, 0.2) is 0 Å². The van der Waals surface area contributed by atoms with Crippen molar-refractivity contribution in [2.75, 3.05) is 19.7 Å². The Kier molecular flexibility index (Phi) is 4.45. The number of aliphatic hydroxyl groups is 1. The lowest BCUT2D eigenvalue weighted by molar-refractivity contribution is 0.0517. The highest BCUT2D eigenvalue weighted by Crippen LogP contribution is 2.28. The number of hydrogen-bond donors (Lipinski definition) is 1. The van der Waals surface area contributed by atoms with Crippen molar-refractivity contribution in [3.8, 4) is 0 Å². The number of piperidine rings is 1. The number of rotatable bonds is 4. The van der Waals surface area contributed by atoms with E-state index < -0.39 is 0 Å². The highest BCUT2D eigenvalue weighted by Gasteiger charge is 2.25. The highest BCUT2D eigenvalue weighted by atomic mass is 16.5. The second-order valence-electron chi connectivity index (χ2n) is 5.62. The van der Waals surface area contributed by atoms with Gasteiger partial charge < -0.3 is 14.3 Å². The quantitative estimate of drug-likeness (QED) is 0.880. The van der Waals surface area contributed by atoms with Crippen LogP contribution in [-0.4, -0.2) is 41.8 Å². The van der Waals surface area contributed by atoms with E-state index in [9.17, 15) is 9.90 Å².